The van der Waals surface area contributed by atoms with Crippen LogP contribution in [0.1, 0.15) is 33.6 Å². The first kappa shape index (κ1) is 15.2. The number of carbonyl (C=O) groups is 2. The molecule has 0 spiro atoms. The summed E-state index contributed by atoms with van der Waals surface area (Å²) in [6.07, 6.45) is 6.08. The minimum Gasteiger partial charge on any atom is -0.481 e. The Labute approximate surface area is 84.6 Å². The van der Waals surface area contributed by atoms with E-state index in [-0.39, 0.29) is 5.97 Å². The van der Waals surface area contributed by atoms with Gasteiger partial charge in [-0.2, -0.15) is 0 Å². The molecule has 0 bridgehead atoms. The van der Waals surface area contributed by atoms with E-state index < -0.39 is 5.97 Å². The first-order valence-electron chi connectivity index (χ1n) is 4.48. The Bertz CT molecular complexity index is 181. The van der Waals surface area contributed by atoms with Gasteiger partial charge in [0.2, 0.25) is 0 Å². The summed E-state index contributed by atoms with van der Waals surface area (Å²) < 4.78 is 4.66. The Balaban J connectivity index is 0. The molecule has 0 aromatic carbocycles. The minimum atomic E-state index is -0.833. The number of esters is 1. The van der Waals surface area contributed by atoms with Gasteiger partial charge in [0.05, 0.1) is 0 Å². The Hall–Kier alpha value is -1.32. The average Bonchev–Trinajstić information content (AvgIpc) is 2.02. The predicted molar refractivity (Wildman–Crippen MR) is 54.0 cm³/mol. The molecule has 4 heteroatoms. The molecule has 0 rings (SSSR count). The van der Waals surface area contributed by atoms with Crippen molar-refractivity contribution in [3.05, 3.63) is 12.2 Å². The summed E-state index contributed by atoms with van der Waals surface area (Å²) in [6.45, 7) is 5.01. The maximum absolute atomic E-state index is 10.2. The van der Waals surface area contributed by atoms with Gasteiger partial charge in [0.25, 0.3) is 5.97 Å². The fourth-order valence-electron chi connectivity index (χ4n) is 0.518. The van der Waals surface area contributed by atoms with Gasteiger partial charge in [-0.25, -0.2) is 0 Å². The SMILES string of the molecule is CC(=O)O.CCCC=CCOC(C)=O. The highest BCUT2D eigenvalue weighted by Gasteiger charge is 1.85. The van der Waals surface area contributed by atoms with E-state index >= 15 is 0 Å². The van der Waals surface area contributed by atoms with Crippen molar-refractivity contribution in [1.29, 1.82) is 0 Å². The highest BCUT2D eigenvalue weighted by molar-refractivity contribution is 5.65. The number of carbonyl (C=O) groups excluding carboxylic acids is 1. The Morgan fingerprint density at radius 1 is 1.29 bits per heavy atom. The fraction of sp³-hybridized carbons (Fsp3) is 0.600. The number of hydrogen-bond acceptors (Lipinski definition) is 3. The summed E-state index contributed by atoms with van der Waals surface area (Å²) in [6, 6.07) is 0. The summed E-state index contributed by atoms with van der Waals surface area (Å²) in [5.41, 5.74) is 0. The lowest BCUT2D eigenvalue weighted by molar-refractivity contribution is -0.139. The molecule has 0 aliphatic carbocycles. The molecule has 0 aromatic heterocycles. The topological polar surface area (TPSA) is 63.6 Å². The van der Waals surface area contributed by atoms with Crippen LogP contribution in [-0.2, 0) is 14.3 Å². The quantitative estimate of drug-likeness (QED) is 0.559. The molecular formula is C10H18O4. The molecule has 1 N–H and O–H groups in total. The van der Waals surface area contributed by atoms with Crippen LogP contribution < -0.4 is 0 Å². The molecule has 0 unspecified atom stereocenters. The molecule has 0 aromatic rings. The maximum atomic E-state index is 10.2. The Morgan fingerprint density at radius 3 is 2.14 bits per heavy atom. The smallest absolute Gasteiger partial charge is 0.302 e. The minimum absolute atomic E-state index is 0.221. The van der Waals surface area contributed by atoms with Gasteiger partial charge in [-0.15, -0.1) is 0 Å². The lowest BCUT2D eigenvalue weighted by Crippen LogP contribution is -1.97. The van der Waals surface area contributed by atoms with E-state index in [1.165, 1.54) is 6.92 Å². The van der Waals surface area contributed by atoms with Gasteiger partial charge >= 0.3 is 5.97 Å². The van der Waals surface area contributed by atoms with E-state index in [4.69, 9.17) is 9.90 Å². The molecule has 0 amide bonds. The molecule has 0 fully saturated rings. The molecule has 82 valence electrons. The van der Waals surface area contributed by atoms with Crippen molar-refractivity contribution < 1.29 is 19.4 Å². The third-order valence-corrected chi connectivity index (χ3v) is 1.00. The van der Waals surface area contributed by atoms with Gasteiger partial charge in [0.1, 0.15) is 6.61 Å². The standard InChI is InChI=1S/C8H14O2.C2H4O2/c1-3-4-5-6-7-10-8(2)9;1-2(3)4/h5-6H,3-4,7H2,1-2H3;1H3,(H,3,4). The van der Waals surface area contributed by atoms with Crippen molar-refractivity contribution in [2.45, 2.75) is 33.6 Å². The van der Waals surface area contributed by atoms with Gasteiger partial charge in [-0.3, -0.25) is 9.59 Å². The van der Waals surface area contributed by atoms with Crippen LogP contribution in [0, 0.1) is 0 Å². The van der Waals surface area contributed by atoms with Crippen molar-refractivity contribution in [2.24, 2.45) is 0 Å². The van der Waals surface area contributed by atoms with Crippen LogP contribution >= 0.6 is 0 Å². The van der Waals surface area contributed by atoms with Crippen LogP contribution in [0.25, 0.3) is 0 Å². The van der Waals surface area contributed by atoms with Crippen LogP contribution in [0.3, 0.4) is 0 Å². The van der Waals surface area contributed by atoms with Crippen LogP contribution in [0.5, 0.6) is 0 Å². The summed E-state index contributed by atoms with van der Waals surface area (Å²) in [5, 5.41) is 7.42. The van der Waals surface area contributed by atoms with Gasteiger partial charge in [-0.1, -0.05) is 25.5 Å². The molecule has 0 aliphatic rings. The number of unbranched alkanes of at least 4 members (excludes halogenated alkanes) is 1. The molecule has 4 nitrogen and oxygen atoms in total. The predicted octanol–water partition coefficient (Wildman–Crippen LogP) is 2.00. The number of allylic oxidation sites excluding steroid dienone is 1. The molecule has 0 atom stereocenters. The average molecular weight is 202 g/mol. The van der Waals surface area contributed by atoms with Crippen LogP contribution in [0.4, 0.5) is 0 Å². The number of carboxylic acids is 1. The molecular weight excluding hydrogens is 184 g/mol. The summed E-state index contributed by atoms with van der Waals surface area (Å²) in [5.74, 6) is -1.05. The zero-order valence-corrected chi connectivity index (χ0v) is 8.95. The first-order chi connectivity index (χ1) is 6.50. The monoisotopic (exact) mass is 202 g/mol. The van der Waals surface area contributed by atoms with Gasteiger partial charge in [-0.05, 0) is 6.42 Å². The number of carboxylic acid groups (broad SMARTS) is 1. The van der Waals surface area contributed by atoms with Crippen molar-refractivity contribution in [3.8, 4) is 0 Å². The summed E-state index contributed by atoms with van der Waals surface area (Å²) in [7, 11) is 0. The highest BCUT2D eigenvalue weighted by atomic mass is 16.5. The van der Waals surface area contributed by atoms with Crippen molar-refractivity contribution in [2.75, 3.05) is 6.61 Å². The van der Waals surface area contributed by atoms with E-state index in [2.05, 4.69) is 11.7 Å². The molecule has 14 heavy (non-hydrogen) atoms. The summed E-state index contributed by atoms with van der Waals surface area (Å²) in [4.78, 5) is 19.2. The lowest BCUT2D eigenvalue weighted by atomic mass is 10.3. The third kappa shape index (κ3) is 31.0. The second-order valence-electron chi connectivity index (χ2n) is 2.58. The normalized spacial score (nSPS) is 9.07. The Morgan fingerprint density at radius 2 is 1.79 bits per heavy atom. The first-order valence-corrected chi connectivity index (χ1v) is 4.48. The van der Waals surface area contributed by atoms with Crippen LogP contribution in [0.2, 0.25) is 0 Å². The molecule has 0 heterocycles. The van der Waals surface area contributed by atoms with Crippen molar-refractivity contribution >= 4 is 11.9 Å². The third-order valence-electron chi connectivity index (χ3n) is 1.00. The van der Waals surface area contributed by atoms with Crippen LogP contribution in [-0.4, -0.2) is 23.7 Å². The largest absolute Gasteiger partial charge is 0.481 e. The van der Waals surface area contributed by atoms with E-state index in [0.717, 1.165) is 19.8 Å². The molecule has 0 aliphatic heterocycles. The highest BCUT2D eigenvalue weighted by Crippen LogP contribution is 1.88. The van der Waals surface area contributed by atoms with E-state index in [1.807, 2.05) is 12.2 Å². The van der Waals surface area contributed by atoms with Crippen LogP contribution in [0.15, 0.2) is 12.2 Å². The number of hydrogen-bond donors (Lipinski definition) is 1. The molecule has 0 saturated heterocycles. The number of ether oxygens (including phenoxy) is 1. The van der Waals surface area contributed by atoms with Gasteiger partial charge < -0.3 is 9.84 Å². The second kappa shape index (κ2) is 11.7. The fourth-order valence-corrected chi connectivity index (χ4v) is 0.518. The molecule has 0 radical (unpaired) electrons. The van der Waals surface area contributed by atoms with E-state index in [1.54, 1.807) is 0 Å². The Kier molecular flexibility index (Phi) is 12.7. The molecule has 0 saturated carbocycles. The van der Waals surface area contributed by atoms with E-state index in [0.29, 0.717) is 6.61 Å². The van der Waals surface area contributed by atoms with Crippen molar-refractivity contribution in [1.82, 2.24) is 0 Å². The zero-order chi connectivity index (χ0) is 11.4. The van der Waals surface area contributed by atoms with Crippen molar-refractivity contribution in [3.63, 3.8) is 0 Å². The zero-order valence-electron chi connectivity index (χ0n) is 8.95. The number of rotatable bonds is 4. The maximum Gasteiger partial charge on any atom is 0.302 e. The second-order valence-corrected chi connectivity index (χ2v) is 2.58. The lowest BCUT2D eigenvalue weighted by Gasteiger charge is -1.93. The van der Waals surface area contributed by atoms with Gasteiger partial charge in [0, 0.05) is 13.8 Å². The van der Waals surface area contributed by atoms with Gasteiger partial charge in [0.15, 0.2) is 0 Å². The number of aliphatic carboxylic acids is 1. The van der Waals surface area contributed by atoms with E-state index in [9.17, 15) is 4.79 Å². The summed E-state index contributed by atoms with van der Waals surface area (Å²) >= 11 is 0.